The van der Waals surface area contributed by atoms with Gasteiger partial charge in [0.25, 0.3) is 5.91 Å². The van der Waals surface area contributed by atoms with E-state index in [2.05, 4.69) is 16.0 Å². The number of aliphatic carboxylic acids is 1. The second-order valence-corrected chi connectivity index (χ2v) is 6.25. The summed E-state index contributed by atoms with van der Waals surface area (Å²) in [5.41, 5.74) is 1.74. The normalized spacial score (nSPS) is 11.3. The molecular formula is C19H20ClN3O4. The maximum atomic E-state index is 12.4. The third-order valence-corrected chi connectivity index (χ3v) is 4.13. The first-order valence-corrected chi connectivity index (χ1v) is 8.60. The molecule has 0 heterocycles. The Bertz CT molecular complexity index is 807. The molecule has 0 fully saturated rings. The lowest BCUT2D eigenvalue weighted by atomic mass is 10.1. The Morgan fingerprint density at radius 2 is 1.74 bits per heavy atom. The number of benzene rings is 2. The minimum absolute atomic E-state index is 0.207. The summed E-state index contributed by atoms with van der Waals surface area (Å²) in [5.74, 6) is -1.88. The lowest BCUT2D eigenvalue weighted by Gasteiger charge is -2.17. The molecule has 0 unspecified atom stereocenters. The van der Waals surface area contributed by atoms with Gasteiger partial charge in [0.15, 0.2) is 0 Å². The van der Waals surface area contributed by atoms with Gasteiger partial charge in [-0.25, -0.2) is 9.59 Å². The van der Waals surface area contributed by atoms with Gasteiger partial charge in [-0.15, -0.1) is 0 Å². The number of carbonyl (C=O) groups is 3. The van der Waals surface area contributed by atoms with E-state index in [1.54, 1.807) is 25.1 Å². The first kappa shape index (κ1) is 20.3. The molecular weight excluding hydrogens is 370 g/mol. The van der Waals surface area contributed by atoms with Crippen molar-refractivity contribution in [2.75, 3.05) is 6.54 Å². The SMILES string of the molecule is Cc1cccc(Cl)c1C(=O)N[C@@H](CNC(=O)NCc1ccccc1)C(=O)O. The summed E-state index contributed by atoms with van der Waals surface area (Å²) in [6.07, 6.45) is 0. The van der Waals surface area contributed by atoms with E-state index in [0.717, 1.165) is 5.56 Å². The van der Waals surface area contributed by atoms with Crippen LogP contribution in [-0.2, 0) is 11.3 Å². The average Bonchev–Trinajstić information content (AvgIpc) is 2.63. The number of carboxylic acids is 1. The van der Waals surface area contributed by atoms with Crippen LogP contribution in [0.1, 0.15) is 21.5 Å². The van der Waals surface area contributed by atoms with Crippen LogP contribution >= 0.6 is 11.6 Å². The van der Waals surface area contributed by atoms with Crippen LogP contribution in [-0.4, -0.2) is 35.6 Å². The molecule has 0 aliphatic carbocycles. The third-order valence-electron chi connectivity index (χ3n) is 3.82. The number of rotatable bonds is 7. The van der Waals surface area contributed by atoms with Crippen molar-refractivity contribution in [3.05, 3.63) is 70.2 Å². The van der Waals surface area contributed by atoms with E-state index in [4.69, 9.17) is 11.6 Å². The van der Waals surface area contributed by atoms with Gasteiger partial charge in [0.1, 0.15) is 6.04 Å². The van der Waals surface area contributed by atoms with Crippen LogP contribution in [0.5, 0.6) is 0 Å². The van der Waals surface area contributed by atoms with Crippen molar-refractivity contribution in [2.45, 2.75) is 19.5 Å². The summed E-state index contributed by atoms with van der Waals surface area (Å²) in [4.78, 5) is 35.6. The molecule has 4 N–H and O–H groups in total. The summed E-state index contributed by atoms with van der Waals surface area (Å²) in [5, 5.41) is 17.0. The average molecular weight is 390 g/mol. The zero-order valence-electron chi connectivity index (χ0n) is 14.7. The van der Waals surface area contributed by atoms with Gasteiger partial charge in [0, 0.05) is 6.54 Å². The van der Waals surface area contributed by atoms with E-state index in [9.17, 15) is 19.5 Å². The molecule has 0 aromatic heterocycles. The van der Waals surface area contributed by atoms with Gasteiger partial charge < -0.3 is 21.1 Å². The van der Waals surface area contributed by atoms with E-state index in [1.807, 2.05) is 30.3 Å². The van der Waals surface area contributed by atoms with Crippen molar-refractivity contribution in [2.24, 2.45) is 0 Å². The van der Waals surface area contributed by atoms with Crippen molar-refractivity contribution in [3.8, 4) is 0 Å². The molecule has 0 spiro atoms. The molecule has 7 nitrogen and oxygen atoms in total. The summed E-state index contributed by atoms with van der Waals surface area (Å²) >= 11 is 6.03. The highest BCUT2D eigenvalue weighted by molar-refractivity contribution is 6.34. The molecule has 0 saturated carbocycles. The summed E-state index contributed by atoms with van der Waals surface area (Å²) in [7, 11) is 0. The zero-order valence-corrected chi connectivity index (χ0v) is 15.4. The van der Waals surface area contributed by atoms with Crippen LogP contribution in [0.2, 0.25) is 5.02 Å². The van der Waals surface area contributed by atoms with Crippen molar-refractivity contribution in [3.63, 3.8) is 0 Å². The fraction of sp³-hybridized carbons (Fsp3) is 0.211. The van der Waals surface area contributed by atoms with Crippen LogP contribution in [0, 0.1) is 6.92 Å². The van der Waals surface area contributed by atoms with Crippen molar-refractivity contribution in [1.82, 2.24) is 16.0 Å². The van der Waals surface area contributed by atoms with Gasteiger partial charge in [0.05, 0.1) is 17.1 Å². The number of hydrogen-bond donors (Lipinski definition) is 4. The van der Waals surface area contributed by atoms with Crippen molar-refractivity contribution >= 4 is 29.5 Å². The van der Waals surface area contributed by atoms with E-state index in [1.165, 1.54) is 0 Å². The summed E-state index contributed by atoms with van der Waals surface area (Å²) in [6, 6.07) is 12.4. The number of amides is 3. The quantitative estimate of drug-likeness (QED) is 0.582. The predicted octanol–water partition coefficient (Wildman–Crippen LogP) is 2.33. The standard InChI is InChI=1S/C19H20ClN3O4/c1-12-6-5-9-14(20)16(12)17(24)23-15(18(25)26)11-22-19(27)21-10-13-7-3-2-4-8-13/h2-9,15H,10-11H2,1H3,(H,23,24)(H,25,26)(H2,21,22,27)/t15-/m0/s1. The lowest BCUT2D eigenvalue weighted by molar-refractivity contribution is -0.139. The maximum absolute atomic E-state index is 12.4. The van der Waals surface area contributed by atoms with Crippen molar-refractivity contribution in [1.29, 1.82) is 0 Å². The third kappa shape index (κ3) is 6.00. The molecule has 0 aliphatic rings. The molecule has 8 heteroatoms. The fourth-order valence-corrected chi connectivity index (χ4v) is 2.69. The molecule has 2 rings (SSSR count). The van der Waals surface area contributed by atoms with E-state index >= 15 is 0 Å². The van der Waals surface area contributed by atoms with Crippen LogP contribution in [0.3, 0.4) is 0 Å². The molecule has 0 bridgehead atoms. The number of nitrogens with one attached hydrogen (secondary N) is 3. The van der Waals surface area contributed by atoms with Crippen LogP contribution in [0.15, 0.2) is 48.5 Å². The van der Waals surface area contributed by atoms with Gasteiger partial charge >= 0.3 is 12.0 Å². The Morgan fingerprint density at radius 3 is 2.37 bits per heavy atom. The molecule has 2 aromatic carbocycles. The highest BCUT2D eigenvalue weighted by Gasteiger charge is 2.23. The van der Waals surface area contributed by atoms with Crippen LogP contribution in [0.4, 0.5) is 4.79 Å². The molecule has 27 heavy (non-hydrogen) atoms. The molecule has 142 valence electrons. The van der Waals surface area contributed by atoms with E-state index in [-0.39, 0.29) is 17.1 Å². The second kappa shape index (κ2) is 9.59. The zero-order chi connectivity index (χ0) is 19.8. The number of carbonyl (C=O) groups excluding carboxylic acids is 2. The van der Waals surface area contributed by atoms with E-state index < -0.39 is 23.9 Å². The Hall–Kier alpha value is -3.06. The van der Waals surface area contributed by atoms with Gasteiger partial charge in [-0.3, -0.25) is 4.79 Å². The highest BCUT2D eigenvalue weighted by atomic mass is 35.5. The van der Waals surface area contributed by atoms with Crippen molar-refractivity contribution < 1.29 is 19.5 Å². The number of hydrogen-bond acceptors (Lipinski definition) is 3. The summed E-state index contributed by atoms with van der Waals surface area (Å²) < 4.78 is 0. The van der Waals surface area contributed by atoms with Crippen LogP contribution < -0.4 is 16.0 Å². The minimum Gasteiger partial charge on any atom is -0.480 e. The van der Waals surface area contributed by atoms with Gasteiger partial charge in [0.2, 0.25) is 0 Å². The van der Waals surface area contributed by atoms with Gasteiger partial charge in [-0.2, -0.15) is 0 Å². The fourth-order valence-electron chi connectivity index (χ4n) is 2.39. The monoisotopic (exact) mass is 389 g/mol. The summed E-state index contributed by atoms with van der Waals surface area (Å²) in [6.45, 7) is 1.73. The van der Waals surface area contributed by atoms with Crippen LogP contribution in [0.25, 0.3) is 0 Å². The van der Waals surface area contributed by atoms with Gasteiger partial charge in [-0.05, 0) is 24.1 Å². The molecule has 0 saturated heterocycles. The predicted molar refractivity (Wildman–Crippen MR) is 102 cm³/mol. The maximum Gasteiger partial charge on any atom is 0.328 e. The molecule has 0 radical (unpaired) electrons. The Balaban J connectivity index is 1.90. The number of carboxylic acid groups (broad SMARTS) is 1. The topological polar surface area (TPSA) is 108 Å². The Labute approximate surface area is 161 Å². The second-order valence-electron chi connectivity index (χ2n) is 5.85. The number of aryl methyl sites for hydroxylation is 1. The highest BCUT2D eigenvalue weighted by Crippen LogP contribution is 2.19. The Kier molecular flexibility index (Phi) is 7.19. The number of halogens is 1. The lowest BCUT2D eigenvalue weighted by Crippen LogP contribution is -2.50. The number of urea groups is 1. The van der Waals surface area contributed by atoms with Gasteiger partial charge in [-0.1, -0.05) is 54.1 Å². The Morgan fingerprint density at radius 1 is 1.04 bits per heavy atom. The largest absolute Gasteiger partial charge is 0.480 e. The molecule has 2 aromatic rings. The smallest absolute Gasteiger partial charge is 0.328 e. The molecule has 1 atom stereocenters. The molecule has 0 aliphatic heterocycles. The first-order valence-electron chi connectivity index (χ1n) is 8.23. The minimum atomic E-state index is -1.30. The van der Waals surface area contributed by atoms with E-state index in [0.29, 0.717) is 12.1 Å². The molecule has 3 amide bonds. The first-order chi connectivity index (χ1) is 12.9.